The molecular formula is C17H22FN3O2. The van der Waals surface area contributed by atoms with E-state index in [2.05, 4.69) is 10.6 Å². The number of rotatable bonds is 5. The van der Waals surface area contributed by atoms with Gasteiger partial charge in [-0.1, -0.05) is 25.0 Å². The number of carbonyl (C=O) groups is 2. The van der Waals surface area contributed by atoms with Gasteiger partial charge in [0.25, 0.3) is 0 Å². The van der Waals surface area contributed by atoms with Crippen molar-refractivity contribution in [1.29, 1.82) is 0 Å². The molecule has 1 saturated heterocycles. The monoisotopic (exact) mass is 319 g/mol. The average Bonchev–Trinajstić information content (AvgIpc) is 3.16. The minimum atomic E-state index is -0.490. The van der Waals surface area contributed by atoms with E-state index in [9.17, 15) is 14.0 Å². The second-order valence-electron chi connectivity index (χ2n) is 6.26. The first-order chi connectivity index (χ1) is 11.1. The maximum atomic E-state index is 13.1. The number of hydrogen-bond acceptors (Lipinski definition) is 2. The summed E-state index contributed by atoms with van der Waals surface area (Å²) in [7, 11) is 0. The van der Waals surface area contributed by atoms with E-state index in [0.29, 0.717) is 19.5 Å². The van der Waals surface area contributed by atoms with Crippen LogP contribution in [0.2, 0.25) is 0 Å². The Bertz CT molecular complexity index is 587. The largest absolute Gasteiger partial charge is 0.354 e. The molecular weight excluding hydrogens is 297 g/mol. The second kappa shape index (κ2) is 6.98. The van der Waals surface area contributed by atoms with Crippen LogP contribution in [-0.4, -0.2) is 42.0 Å². The van der Waals surface area contributed by atoms with Gasteiger partial charge >= 0.3 is 6.03 Å². The van der Waals surface area contributed by atoms with Gasteiger partial charge in [0.15, 0.2) is 0 Å². The highest BCUT2D eigenvalue weighted by Gasteiger charge is 2.37. The maximum Gasteiger partial charge on any atom is 0.318 e. The molecule has 6 heteroatoms. The lowest BCUT2D eigenvalue weighted by Gasteiger charge is -2.22. The Morgan fingerprint density at radius 2 is 2.13 bits per heavy atom. The van der Waals surface area contributed by atoms with Crippen LogP contribution in [0.1, 0.15) is 31.2 Å². The molecule has 1 saturated carbocycles. The van der Waals surface area contributed by atoms with E-state index in [1.165, 1.54) is 12.1 Å². The first kappa shape index (κ1) is 15.8. The summed E-state index contributed by atoms with van der Waals surface area (Å²) in [6.07, 6.45) is 4.93. The third-order valence-corrected chi connectivity index (χ3v) is 4.62. The lowest BCUT2D eigenvalue weighted by molar-refractivity contribution is -0.122. The lowest BCUT2D eigenvalue weighted by Crippen LogP contribution is -2.43. The molecule has 0 bridgehead atoms. The number of urea groups is 1. The van der Waals surface area contributed by atoms with Crippen LogP contribution < -0.4 is 10.6 Å². The Morgan fingerprint density at radius 3 is 2.87 bits per heavy atom. The number of amides is 3. The minimum absolute atomic E-state index is 0.137. The first-order valence-electron chi connectivity index (χ1n) is 8.23. The van der Waals surface area contributed by atoms with E-state index in [1.807, 2.05) is 6.07 Å². The molecule has 124 valence electrons. The summed E-state index contributed by atoms with van der Waals surface area (Å²) in [5.74, 6) is -0.445. The van der Waals surface area contributed by atoms with Gasteiger partial charge in [-0.15, -0.1) is 0 Å². The van der Waals surface area contributed by atoms with Gasteiger partial charge in [0.1, 0.15) is 11.9 Å². The predicted octanol–water partition coefficient (Wildman–Crippen LogP) is 1.82. The molecule has 2 fully saturated rings. The average molecular weight is 319 g/mol. The zero-order valence-electron chi connectivity index (χ0n) is 13.1. The first-order valence-corrected chi connectivity index (χ1v) is 8.23. The van der Waals surface area contributed by atoms with E-state index in [-0.39, 0.29) is 23.8 Å². The fourth-order valence-electron chi connectivity index (χ4n) is 3.38. The Kier molecular flexibility index (Phi) is 4.79. The highest BCUT2D eigenvalue weighted by Crippen LogP contribution is 2.25. The van der Waals surface area contributed by atoms with Crippen LogP contribution in [0, 0.1) is 5.82 Å². The Balaban J connectivity index is 1.46. The number of nitrogens with one attached hydrogen (secondary N) is 2. The van der Waals surface area contributed by atoms with Crippen LogP contribution >= 0.6 is 0 Å². The molecule has 3 amide bonds. The van der Waals surface area contributed by atoms with Crippen LogP contribution in [0.3, 0.4) is 0 Å². The molecule has 23 heavy (non-hydrogen) atoms. The molecule has 3 rings (SSSR count). The van der Waals surface area contributed by atoms with Crippen LogP contribution in [0.25, 0.3) is 0 Å². The van der Waals surface area contributed by atoms with Crippen molar-refractivity contribution in [3.63, 3.8) is 0 Å². The van der Waals surface area contributed by atoms with Crippen LogP contribution in [0.15, 0.2) is 24.3 Å². The fourth-order valence-corrected chi connectivity index (χ4v) is 3.38. The van der Waals surface area contributed by atoms with Crippen molar-refractivity contribution in [3.8, 4) is 0 Å². The van der Waals surface area contributed by atoms with Crippen molar-refractivity contribution in [2.24, 2.45) is 0 Å². The molecule has 1 unspecified atom stereocenters. The molecule has 1 aliphatic carbocycles. The molecule has 1 atom stereocenters. The molecule has 2 aliphatic rings. The Hall–Kier alpha value is -2.11. The zero-order valence-corrected chi connectivity index (χ0v) is 13.1. The van der Waals surface area contributed by atoms with Gasteiger partial charge in [-0.2, -0.15) is 0 Å². The molecule has 1 heterocycles. The zero-order chi connectivity index (χ0) is 16.2. The van der Waals surface area contributed by atoms with Crippen molar-refractivity contribution < 1.29 is 14.0 Å². The molecule has 1 aromatic carbocycles. The Morgan fingerprint density at radius 1 is 1.35 bits per heavy atom. The summed E-state index contributed by atoms with van der Waals surface area (Å²) >= 11 is 0. The second-order valence-corrected chi connectivity index (χ2v) is 6.26. The van der Waals surface area contributed by atoms with E-state index in [4.69, 9.17) is 0 Å². The summed E-state index contributed by atoms with van der Waals surface area (Å²) in [5, 5.41) is 5.57. The molecule has 0 spiro atoms. The number of hydrogen-bond donors (Lipinski definition) is 2. The van der Waals surface area contributed by atoms with Crippen LogP contribution in [0.5, 0.6) is 0 Å². The van der Waals surface area contributed by atoms with Crippen molar-refractivity contribution in [2.45, 2.75) is 44.2 Å². The standard InChI is InChI=1S/C17H22FN3O2/c18-13-5-3-4-12(10-13)8-9-19-16(22)15-11-21(17(23)20-15)14-6-1-2-7-14/h3-5,10,14-15H,1-2,6-9,11H2,(H,19,22)(H,20,23). The molecule has 0 radical (unpaired) electrons. The third kappa shape index (κ3) is 3.81. The van der Waals surface area contributed by atoms with Gasteiger partial charge in [-0.05, 0) is 37.0 Å². The summed E-state index contributed by atoms with van der Waals surface area (Å²) < 4.78 is 13.1. The van der Waals surface area contributed by atoms with E-state index >= 15 is 0 Å². The van der Waals surface area contributed by atoms with Crippen molar-refractivity contribution >= 4 is 11.9 Å². The quantitative estimate of drug-likeness (QED) is 0.870. The van der Waals surface area contributed by atoms with E-state index in [0.717, 1.165) is 31.2 Å². The van der Waals surface area contributed by atoms with Crippen molar-refractivity contribution in [1.82, 2.24) is 15.5 Å². The highest BCUT2D eigenvalue weighted by molar-refractivity contribution is 5.90. The van der Waals surface area contributed by atoms with E-state index < -0.39 is 6.04 Å². The minimum Gasteiger partial charge on any atom is -0.354 e. The number of carbonyl (C=O) groups excluding carboxylic acids is 2. The number of benzene rings is 1. The molecule has 2 N–H and O–H groups in total. The van der Waals surface area contributed by atoms with E-state index in [1.54, 1.807) is 11.0 Å². The molecule has 5 nitrogen and oxygen atoms in total. The maximum absolute atomic E-state index is 13.1. The topological polar surface area (TPSA) is 61.4 Å². The van der Waals surface area contributed by atoms with Gasteiger partial charge < -0.3 is 15.5 Å². The summed E-state index contributed by atoms with van der Waals surface area (Å²) in [6.45, 7) is 0.868. The van der Waals surface area contributed by atoms with Crippen molar-refractivity contribution in [2.75, 3.05) is 13.1 Å². The SMILES string of the molecule is O=C(NCCc1cccc(F)c1)C1CN(C2CCCC2)C(=O)N1. The molecule has 1 aromatic rings. The van der Waals surface area contributed by atoms with Crippen LogP contribution in [0.4, 0.5) is 9.18 Å². The van der Waals surface area contributed by atoms with Gasteiger partial charge in [-0.25, -0.2) is 9.18 Å². The van der Waals surface area contributed by atoms with Gasteiger partial charge in [0, 0.05) is 12.6 Å². The lowest BCUT2D eigenvalue weighted by atomic mass is 10.1. The molecule has 0 aromatic heterocycles. The predicted molar refractivity (Wildman–Crippen MR) is 84.4 cm³/mol. The van der Waals surface area contributed by atoms with Gasteiger partial charge in [-0.3, -0.25) is 4.79 Å². The van der Waals surface area contributed by atoms with Crippen LogP contribution in [-0.2, 0) is 11.2 Å². The van der Waals surface area contributed by atoms with Gasteiger partial charge in [0.05, 0.1) is 6.54 Å². The Labute approximate surface area is 135 Å². The van der Waals surface area contributed by atoms with Gasteiger partial charge in [0.2, 0.25) is 5.91 Å². The normalized spacial score (nSPS) is 21.5. The molecule has 1 aliphatic heterocycles. The summed E-state index contributed by atoms with van der Waals surface area (Å²) in [6, 6.07) is 5.99. The van der Waals surface area contributed by atoms with Crippen molar-refractivity contribution in [3.05, 3.63) is 35.6 Å². The fraction of sp³-hybridized carbons (Fsp3) is 0.529. The summed E-state index contributed by atoms with van der Waals surface area (Å²) in [4.78, 5) is 26.0. The third-order valence-electron chi connectivity index (χ3n) is 4.62. The highest BCUT2D eigenvalue weighted by atomic mass is 19.1. The number of nitrogens with zero attached hydrogens (tertiary/aromatic N) is 1. The number of halogens is 1. The smallest absolute Gasteiger partial charge is 0.318 e. The summed E-state index contributed by atoms with van der Waals surface area (Å²) in [5.41, 5.74) is 0.841.